The topological polar surface area (TPSA) is 79.9 Å². The van der Waals surface area contributed by atoms with Crippen LogP contribution in [0, 0.1) is 0 Å². The Hall–Kier alpha value is -2.89. The van der Waals surface area contributed by atoms with Crippen LogP contribution in [0.5, 0.6) is 5.88 Å². The van der Waals surface area contributed by atoms with Crippen molar-refractivity contribution in [3.05, 3.63) is 48.2 Å². The first-order valence-corrected chi connectivity index (χ1v) is 6.61. The van der Waals surface area contributed by atoms with Crippen LogP contribution in [-0.2, 0) is 0 Å². The Morgan fingerprint density at radius 3 is 2.86 bits per heavy atom. The number of pyridine rings is 1. The molecule has 0 saturated heterocycles. The number of anilines is 1. The number of benzene rings is 1. The first kappa shape index (κ1) is 13.1. The van der Waals surface area contributed by atoms with Crippen LogP contribution in [0.25, 0.3) is 11.0 Å². The molecule has 6 heteroatoms. The first-order chi connectivity index (χ1) is 10.3. The molecular weight excluding hydrogens is 268 g/mol. The maximum atomic E-state index is 12.1. The van der Waals surface area contributed by atoms with Gasteiger partial charge in [-0.25, -0.2) is 9.97 Å². The van der Waals surface area contributed by atoms with Crippen LogP contribution < -0.4 is 10.1 Å². The summed E-state index contributed by atoms with van der Waals surface area (Å²) in [6.45, 7) is 2.42. The van der Waals surface area contributed by atoms with Crippen molar-refractivity contribution in [3.63, 3.8) is 0 Å². The van der Waals surface area contributed by atoms with Gasteiger partial charge in [0, 0.05) is 12.3 Å². The van der Waals surface area contributed by atoms with Gasteiger partial charge in [-0.2, -0.15) is 0 Å². The molecule has 1 amide bonds. The van der Waals surface area contributed by atoms with E-state index < -0.39 is 0 Å². The summed E-state index contributed by atoms with van der Waals surface area (Å²) in [5.41, 5.74) is 2.12. The van der Waals surface area contributed by atoms with Crippen LogP contribution in [0.1, 0.15) is 17.3 Å². The number of aromatic amines is 1. The van der Waals surface area contributed by atoms with Crippen molar-refractivity contribution in [1.29, 1.82) is 0 Å². The van der Waals surface area contributed by atoms with Gasteiger partial charge in [0.25, 0.3) is 5.91 Å². The Kier molecular flexibility index (Phi) is 3.51. The van der Waals surface area contributed by atoms with Crippen molar-refractivity contribution >= 4 is 22.9 Å². The number of aromatic nitrogens is 3. The number of rotatable bonds is 4. The molecule has 0 aliphatic carbocycles. The molecule has 3 aromatic rings. The van der Waals surface area contributed by atoms with E-state index in [1.807, 2.05) is 31.2 Å². The van der Waals surface area contributed by atoms with Gasteiger partial charge in [-0.1, -0.05) is 12.1 Å². The molecule has 0 fully saturated rings. The molecule has 2 aromatic heterocycles. The van der Waals surface area contributed by atoms with Crippen molar-refractivity contribution in [2.45, 2.75) is 6.92 Å². The molecule has 2 heterocycles. The molecule has 106 valence electrons. The average molecular weight is 282 g/mol. The molecule has 0 atom stereocenters. The lowest BCUT2D eigenvalue weighted by atomic mass is 10.3. The lowest BCUT2D eigenvalue weighted by Gasteiger charge is -2.03. The Morgan fingerprint density at radius 2 is 2.14 bits per heavy atom. The number of H-pyrrole nitrogens is 1. The summed E-state index contributed by atoms with van der Waals surface area (Å²) in [5, 5.41) is 2.71. The van der Waals surface area contributed by atoms with Gasteiger partial charge in [-0.15, -0.1) is 0 Å². The predicted octanol–water partition coefficient (Wildman–Crippen LogP) is 2.61. The third-order valence-corrected chi connectivity index (χ3v) is 2.91. The minimum atomic E-state index is -0.274. The molecule has 0 saturated carbocycles. The molecule has 0 radical (unpaired) electrons. The second-order valence-corrected chi connectivity index (χ2v) is 4.37. The largest absolute Gasteiger partial charge is 0.478 e. The lowest BCUT2D eigenvalue weighted by Crippen LogP contribution is -2.13. The van der Waals surface area contributed by atoms with Gasteiger partial charge >= 0.3 is 0 Å². The van der Waals surface area contributed by atoms with E-state index in [-0.39, 0.29) is 5.91 Å². The van der Waals surface area contributed by atoms with Crippen molar-refractivity contribution in [2.75, 3.05) is 11.9 Å². The number of carbonyl (C=O) groups excluding carboxylic acids is 1. The fourth-order valence-electron chi connectivity index (χ4n) is 1.94. The van der Waals surface area contributed by atoms with Gasteiger partial charge < -0.3 is 9.72 Å². The van der Waals surface area contributed by atoms with E-state index in [4.69, 9.17) is 4.74 Å². The Morgan fingerprint density at radius 1 is 1.29 bits per heavy atom. The molecule has 0 bridgehead atoms. The van der Waals surface area contributed by atoms with E-state index in [1.54, 1.807) is 12.1 Å². The highest BCUT2D eigenvalue weighted by Gasteiger charge is 2.09. The summed E-state index contributed by atoms with van der Waals surface area (Å²) >= 11 is 0. The van der Waals surface area contributed by atoms with Gasteiger partial charge in [0.1, 0.15) is 0 Å². The summed E-state index contributed by atoms with van der Waals surface area (Å²) in [6.07, 6.45) is 1.48. The fourth-order valence-corrected chi connectivity index (χ4v) is 1.94. The minimum absolute atomic E-state index is 0.274. The zero-order chi connectivity index (χ0) is 14.7. The van der Waals surface area contributed by atoms with Crippen molar-refractivity contribution in [3.8, 4) is 5.88 Å². The maximum Gasteiger partial charge on any atom is 0.259 e. The normalized spacial score (nSPS) is 10.5. The van der Waals surface area contributed by atoms with Crippen LogP contribution in [-0.4, -0.2) is 27.5 Å². The Balaban J connectivity index is 1.76. The highest BCUT2D eigenvalue weighted by atomic mass is 16.5. The first-order valence-electron chi connectivity index (χ1n) is 6.61. The summed E-state index contributed by atoms with van der Waals surface area (Å²) in [5.74, 6) is 0.637. The van der Waals surface area contributed by atoms with Crippen molar-refractivity contribution < 1.29 is 9.53 Å². The van der Waals surface area contributed by atoms with E-state index in [0.29, 0.717) is 24.0 Å². The van der Waals surface area contributed by atoms with E-state index in [1.165, 1.54) is 6.20 Å². The quantitative estimate of drug-likeness (QED) is 0.770. The third-order valence-electron chi connectivity index (χ3n) is 2.91. The van der Waals surface area contributed by atoms with Crippen LogP contribution in [0.2, 0.25) is 0 Å². The molecule has 2 N–H and O–H groups in total. The number of fused-ring (bicyclic) bond motifs is 1. The zero-order valence-electron chi connectivity index (χ0n) is 11.5. The number of ether oxygens (including phenoxy) is 1. The Labute approximate surface area is 121 Å². The highest BCUT2D eigenvalue weighted by molar-refractivity contribution is 6.03. The number of para-hydroxylation sites is 2. The smallest absolute Gasteiger partial charge is 0.259 e. The maximum absolute atomic E-state index is 12.1. The van der Waals surface area contributed by atoms with Crippen LogP contribution in [0.15, 0.2) is 42.6 Å². The van der Waals surface area contributed by atoms with Gasteiger partial charge in [0.2, 0.25) is 11.8 Å². The summed E-state index contributed by atoms with van der Waals surface area (Å²) in [4.78, 5) is 23.5. The summed E-state index contributed by atoms with van der Waals surface area (Å²) in [6, 6.07) is 10.9. The minimum Gasteiger partial charge on any atom is -0.478 e. The van der Waals surface area contributed by atoms with E-state index in [0.717, 1.165) is 11.0 Å². The second-order valence-electron chi connectivity index (χ2n) is 4.37. The Bertz CT molecular complexity index is 732. The van der Waals surface area contributed by atoms with Gasteiger partial charge in [-0.05, 0) is 25.1 Å². The van der Waals surface area contributed by atoms with E-state index >= 15 is 0 Å². The van der Waals surface area contributed by atoms with E-state index in [2.05, 4.69) is 20.3 Å². The molecule has 6 nitrogen and oxygen atoms in total. The van der Waals surface area contributed by atoms with Crippen LogP contribution in [0.4, 0.5) is 5.95 Å². The SMILES string of the molecule is CCOc1ccc(C(=O)Nc2nc3ccccc3[nH]2)cn1. The van der Waals surface area contributed by atoms with Crippen molar-refractivity contribution in [1.82, 2.24) is 15.0 Å². The van der Waals surface area contributed by atoms with Crippen molar-refractivity contribution in [2.24, 2.45) is 0 Å². The molecule has 0 aliphatic rings. The number of amides is 1. The molecule has 0 aliphatic heterocycles. The zero-order valence-corrected chi connectivity index (χ0v) is 11.5. The van der Waals surface area contributed by atoms with Crippen LogP contribution >= 0.6 is 0 Å². The average Bonchev–Trinajstić information content (AvgIpc) is 2.90. The van der Waals surface area contributed by atoms with Crippen LogP contribution in [0.3, 0.4) is 0 Å². The predicted molar refractivity (Wildman–Crippen MR) is 79.5 cm³/mol. The van der Waals surface area contributed by atoms with Gasteiger partial charge in [-0.3, -0.25) is 10.1 Å². The van der Waals surface area contributed by atoms with Gasteiger partial charge in [0.05, 0.1) is 23.2 Å². The standard InChI is InChI=1S/C15H14N4O2/c1-2-21-13-8-7-10(9-16-13)14(20)19-15-17-11-5-3-4-6-12(11)18-15/h3-9H,2H2,1H3,(H2,17,18,19,20). The molecule has 21 heavy (non-hydrogen) atoms. The number of nitrogens with zero attached hydrogens (tertiary/aromatic N) is 2. The summed E-state index contributed by atoms with van der Waals surface area (Å²) < 4.78 is 5.24. The molecule has 0 unspecified atom stereocenters. The second kappa shape index (κ2) is 5.62. The number of nitrogens with one attached hydrogen (secondary N) is 2. The number of imidazole rings is 1. The summed E-state index contributed by atoms with van der Waals surface area (Å²) in [7, 11) is 0. The molecular formula is C15H14N4O2. The van der Waals surface area contributed by atoms with E-state index in [9.17, 15) is 4.79 Å². The third kappa shape index (κ3) is 2.84. The highest BCUT2D eigenvalue weighted by Crippen LogP contribution is 2.14. The molecule has 0 spiro atoms. The molecule has 3 rings (SSSR count). The number of hydrogen-bond donors (Lipinski definition) is 2. The molecule has 1 aromatic carbocycles. The fraction of sp³-hybridized carbons (Fsp3) is 0.133. The van der Waals surface area contributed by atoms with Gasteiger partial charge in [0.15, 0.2) is 0 Å². The monoisotopic (exact) mass is 282 g/mol. The lowest BCUT2D eigenvalue weighted by molar-refractivity contribution is 0.102. The number of hydrogen-bond acceptors (Lipinski definition) is 4. The number of carbonyl (C=O) groups is 1.